The van der Waals surface area contributed by atoms with Crippen LogP contribution in [0.25, 0.3) is 0 Å². The smallest absolute Gasteiger partial charge is 0.106 e. The van der Waals surface area contributed by atoms with Gasteiger partial charge in [0.05, 0.1) is 0 Å². The fourth-order valence-corrected chi connectivity index (χ4v) is 2.61. The summed E-state index contributed by atoms with van der Waals surface area (Å²) in [5.74, 6) is 0. The molecule has 0 unspecified atom stereocenters. The molecule has 0 amide bonds. The second kappa shape index (κ2) is 4.63. The van der Waals surface area contributed by atoms with E-state index < -0.39 is 0 Å². The molecule has 0 aromatic heterocycles. The minimum atomic E-state index is 0.448. The van der Waals surface area contributed by atoms with Gasteiger partial charge < -0.3 is 11.1 Å². The van der Waals surface area contributed by atoms with Crippen LogP contribution in [0.2, 0.25) is 0 Å². The number of nitrogens with two attached hydrogens (primary N) is 1. The molecule has 3 N–H and O–H groups in total. The molecular formula is C12H16N2S2. The van der Waals surface area contributed by atoms with Crippen LogP contribution in [0.5, 0.6) is 0 Å². The van der Waals surface area contributed by atoms with Gasteiger partial charge in [-0.2, -0.15) is 11.8 Å². The molecule has 16 heavy (non-hydrogen) atoms. The fourth-order valence-electron chi connectivity index (χ4n) is 1.70. The zero-order valence-electron chi connectivity index (χ0n) is 9.32. The molecule has 86 valence electrons. The second-order valence-corrected chi connectivity index (χ2v) is 5.86. The highest BCUT2D eigenvalue weighted by Crippen LogP contribution is 2.47. The highest BCUT2D eigenvalue weighted by Gasteiger charge is 2.41. The summed E-state index contributed by atoms with van der Waals surface area (Å²) in [6, 6.07) is 7.96. The van der Waals surface area contributed by atoms with Crippen molar-refractivity contribution in [3.63, 3.8) is 0 Å². The first-order valence-corrected chi connectivity index (χ1v) is 6.98. The molecule has 1 aromatic carbocycles. The highest BCUT2D eigenvalue weighted by atomic mass is 32.2. The Balaban J connectivity index is 2.06. The maximum absolute atomic E-state index is 5.69. The van der Waals surface area contributed by atoms with Crippen LogP contribution in [0.15, 0.2) is 24.3 Å². The number of hydrogen-bond acceptors (Lipinski definition) is 3. The first-order valence-electron chi connectivity index (χ1n) is 5.35. The molecule has 0 saturated heterocycles. The number of anilines is 1. The zero-order valence-corrected chi connectivity index (χ0v) is 11.0. The van der Waals surface area contributed by atoms with Gasteiger partial charge in [-0.15, -0.1) is 0 Å². The Labute approximate surface area is 106 Å². The summed E-state index contributed by atoms with van der Waals surface area (Å²) in [6.07, 6.45) is 4.78. The van der Waals surface area contributed by atoms with Crippen molar-refractivity contribution in [2.24, 2.45) is 5.73 Å². The molecule has 2 nitrogen and oxygen atoms in total. The number of para-hydroxylation sites is 1. The highest BCUT2D eigenvalue weighted by molar-refractivity contribution is 8.00. The number of rotatable bonds is 5. The monoisotopic (exact) mass is 252 g/mol. The molecule has 0 atom stereocenters. The van der Waals surface area contributed by atoms with E-state index >= 15 is 0 Å². The standard InChI is InChI=1S/C12H16N2S2/c1-16-12(6-7-12)8-14-10-5-3-2-4-9(10)11(13)15/h2-5,14H,6-8H2,1H3,(H2,13,15). The Morgan fingerprint density at radius 1 is 1.50 bits per heavy atom. The quantitative estimate of drug-likeness (QED) is 0.790. The van der Waals surface area contributed by atoms with Crippen LogP contribution in [-0.4, -0.2) is 22.5 Å². The lowest BCUT2D eigenvalue weighted by atomic mass is 10.1. The van der Waals surface area contributed by atoms with Gasteiger partial charge in [0, 0.05) is 22.5 Å². The lowest BCUT2D eigenvalue weighted by Crippen LogP contribution is -2.20. The van der Waals surface area contributed by atoms with Gasteiger partial charge in [-0.25, -0.2) is 0 Å². The van der Waals surface area contributed by atoms with Gasteiger partial charge in [0.25, 0.3) is 0 Å². The van der Waals surface area contributed by atoms with Crippen molar-refractivity contribution >= 4 is 34.7 Å². The summed E-state index contributed by atoms with van der Waals surface area (Å²) in [7, 11) is 0. The first kappa shape index (κ1) is 11.7. The summed E-state index contributed by atoms with van der Waals surface area (Å²) < 4.78 is 0.448. The molecule has 1 aromatic rings. The molecule has 4 heteroatoms. The van der Waals surface area contributed by atoms with E-state index in [-0.39, 0.29) is 0 Å². The normalized spacial score (nSPS) is 16.8. The first-order chi connectivity index (χ1) is 7.67. The molecule has 0 radical (unpaired) electrons. The van der Waals surface area contributed by atoms with E-state index in [4.69, 9.17) is 18.0 Å². The Kier molecular flexibility index (Phi) is 3.40. The largest absolute Gasteiger partial charge is 0.389 e. The fraction of sp³-hybridized carbons (Fsp3) is 0.417. The van der Waals surface area contributed by atoms with Gasteiger partial charge in [-0.05, 0) is 31.2 Å². The molecule has 0 heterocycles. The van der Waals surface area contributed by atoms with Gasteiger partial charge in [-0.3, -0.25) is 0 Å². The van der Waals surface area contributed by atoms with Crippen molar-refractivity contribution in [2.45, 2.75) is 17.6 Å². The van der Waals surface area contributed by atoms with E-state index in [1.165, 1.54) is 12.8 Å². The van der Waals surface area contributed by atoms with E-state index in [2.05, 4.69) is 11.6 Å². The van der Waals surface area contributed by atoms with Crippen molar-refractivity contribution in [3.8, 4) is 0 Å². The third-order valence-corrected chi connectivity index (χ3v) is 4.67. The van der Waals surface area contributed by atoms with Crippen LogP contribution in [0.4, 0.5) is 5.69 Å². The van der Waals surface area contributed by atoms with E-state index in [1.807, 2.05) is 36.0 Å². The van der Waals surface area contributed by atoms with Crippen molar-refractivity contribution < 1.29 is 0 Å². The van der Waals surface area contributed by atoms with E-state index in [0.717, 1.165) is 17.8 Å². The molecule has 0 bridgehead atoms. The SMILES string of the molecule is CSC1(CNc2ccccc2C(N)=S)CC1. The minimum Gasteiger partial charge on any atom is -0.389 e. The van der Waals surface area contributed by atoms with Gasteiger partial charge in [0.2, 0.25) is 0 Å². The van der Waals surface area contributed by atoms with Crippen molar-refractivity contribution in [3.05, 3.63) is 29.8 Å². The average molecular weight is 252 g/mol. The predicted octanol–water partition coefficient (Wildman–Crippen LogP) is 2.63. The second-order valence-electron chi connectivity index (χ2n) is 4.15. The van der Waals surface area contributed by atoms with Crippen LogP contribution >= 0.6 is 24.0 Å². The number of benzene rings is 1. The Hall–Kier alpha value is -0.740. The summed E-state index contributed by atoms with van der Waals surface area (Å²) in [4.78, 5) is 0.456. The zero-order chi connectivity index (χ0) is 11.6. The lowest BCUT2D eigenvalue weighted by molar-refractivity contribution is 0.949. The predicted molar refractivity (Wildman–Crippen MR) is 76.3 cm³/mol. The summed E-state index contributed by atoms with van der Waals surface area (Å²) in [5.41, 5.74) is 7.68. The molecular weight excluding hydrogens is 236 g/mol. The van der Waals surface area contributed by atoms with Crippen LogP contribution in [0, 0.1) is 0 Å². The summed E-state index contributed by atoms with van der Waals surface area (Å²) >= 11 is 6.98. The van der Waals surface area contributed by atoms with Crippen LogP contribution in [-0.2, 0) is 0 Å². The van der Waals surface area contributed by atoms with E-state index in [9.17, 15) is 0 Å². The Morgan fingerprint density at radius 2 is 2.19 bits per heavy atom. The maximum atomic E-state index is 5.69. The van der Waals surface area contributed by atoms with Crippen LogP contribution in [0.3, 0.4) is 0 Å². The lowest BCUT2D eigenvalue weighted by Gasteiger charge is -2.16. The molecule has 1 aliphatic carbocycles. The van der Waals surface area contributed by atoms with Crippen LogP contribution in [0.1, 0.15) is 18.4 Å². The molecule has 2 rings (SSSR count). The number of thioether (sulfide) groups is 1. The average Bonchev–Trinajstić information content (AvgIpc) is 3.07. The molecule has 1 aliphatic rings. The topological polar surface area (TPSA) is 38.0 Å². The Bertz CT molecular complexity index is 400. The number of hydrogen-bond donors (Lipinski definition) is 2. The molecule has 1 saturated carbocycles. The molecule has 0 spiro atoms. The number of nitrogens with one attached hydrogen (secondary N) is 1. The third kappa shape index (κ3) is 2.50. The summed E-state index contributed by atoms with van der Waals surface area (Å²) in [5, 5.41) is 3.46. The maximum Gasteiger partial charge on any atom is 0.106 e. The van der Waals surface area contributed by atoms with E-state index in [1.54, 1.807) is 0 Å². The van der Waals surface area contributed by atoms with E-state index in [0.29, 0.717) is 9.74 Å². The molecule has 1 fully saturated rings. The minimum absolute atomic E-state index is 0.448. The Morgan fingerprint density at radius 3 is 2.75 bits per heavy atom. The van der Waals surface area contributed by atoms with Crippen molar-refractivity contribution in [2.75, 3.05) is 18.1 Å². The van der Waals surface area contributed by atoms with Crippen LogP contribution < -0.4 is 11.1 Å². The van der Waals surface area contributed by atoms with Crippen molar-refractivity contribution in [1.29, 1.82) is 0 Å². The molecule has 0 aliphatic heterocycles. The van der Waals surface area contributed by atoms with Gasteiger partial charge >= 0.3 is 0 Å². The van der Waals surface area contributed by atoms with Gasteiger partial charge in [0.15, 0.2) is 0 Å². The number of thiocarbonyl (C=S) groups is 1. The van der Waals surface area contributed by atoms with Crippen molar-refractivity contribution in [1.82, 2.24) is 0 Å². The summed E-state index contributed by atoms with van der Waals surface area (Å²) in [6.45, 7) is 0.994. The van der Waals surface area contributed by atoms with Gasteiger partial charge in [0.1, 0.15) is 4.99 Å². The van der Waals surface area contributed by atoms with Gasteiger partial charge in [-0.1, -0.05) is 24.4 Å². The third-order valence-electron chi connectivity index (χ3n) is 3.03.